The normalized spacial score (nSPS) is 19.4. The van der Waals surface area contributed by atoms with E-state index in [2.05, 4.69) is 5.32 Å². The lowest BCUT2D eigenvalue weighted by atomic mass is 10.0. The zero-order valence-corrected chi connectivity index (χ0v) is 11.1. The highest BCUT2D eigenvalue weighted by Gasteiger charge is 2.15. The van der Waals surface area contributed by atoms with E-state index in [1.165, 1.54) is 32.1 Å². The molecular weight excluding hydrogens is 222 g/mol. The van der Waals surface area contributed by atoms with Gasteiger partial charge in [0.2, 0.25) is 5.91 Å². The molecule has 0 aromatic heterocycles. The molecule has 16 heavy (non-hydrogen) atoms. The van der Waals surface area contributed by atoms with Crippen molar-refractivity contribution in [3.63, 3.8) is 0 Å². The molecule has 0 aliphatic heterocycles. The largest absolute Gasteiger partial charge is 0.383 e. The number of ether oxygens (including phenoxy) is 1. The maximum absolute atomic E-state index is 11.6. The first-order valence-electron chi connectivity index (χ1n) is 6.12. The van der Waals surface area contributed by atoms with Crippen LogP contribution in [0.25, 0.3) is 0 Å². The molecule has 0 radical (unpaired) electrons. The first-order valence-corrected chi connectivity index (χ1v) is 7.17. The molecule has 1 atom stereocenters. The van der Waals surface area contributed by atoms with Crippen LogP contribution in [0, 0.1) is 0 Å². The Hall–Kier alpha value is -0.220. The van der Waals surface area contributed by atoms with Crippen LogP contribution >= 0.6 is 11.8 Å². The van der Waals surface area contributed by atoms with E-state index in [-0.39, 0.29) is 11.9 Å². The Morgan fingerprint density at radius 1 is 1.44 bits per heavy atom. The van der Waals surface area contributed by atoms with Gasteiger partial charge >= 0.3 is 0 Å². The molecule has 1 unspecified atom stereocenters. The van der Waals surface area contributed by atoms with E-state index >= 15 is 0 Å². The number of hydrogen-bond donors (Lipinski definition) is 1. The van der Waals surface area contributed by atoms with E-state index in [4.69, 9.17) is 4.74 Å². The Bertz CT molecular complexity index is 205. The number of nitrogens with one attached hydrogen (secondary N) is 1. The molecule has 1 amide bonds. The van der Waals surface area contributed by atoms with E-state index in [0.29, 0.717) is 17.6 Å². The summed E-state index contributed by atoms with van der Waals surface area (Å²) in [7, 11) is 1.65. The molecule has 3 nitrogen and oxygen atoms in total. The van der Waals surface area contributed by atoms with Gasteiger partial charge in [-0.1, -0.05) is 19.3 Å². The second-order valence-electron chi connectivity index (χ2n) is 4.49. The Balaban J connectivity index is 2.09. The average molecular weight is 245 g/mol. The summed E-state index contributed by atoms with van der Waals surface area (Å²) in [5.41, 5.74) is 0. The molecule has 0 spiro atoms. The Morgan fingerprint density at radius 3 is 2.75 bits per heavy atom. The van der Waals surface area contributed by atoms with Crippen molar-refractivity contribution < 1.29 is 9.53 Å². The van der Waals surface area contributed by atoms with Crippen molar-refractivity contribution in [3.8, 4) is 0 Å². The lowest BCUT2D eigenvalue weighted by Crippen LogP contribution is -2.37. The molecule has 1 fully saturated rings. The summed E-state index contributed by atoms with van der Waals surface area (Å²) in [6.07, 6.45) is 6.60. The first-order chi connectivity index (χ1) is 7.72. The highest BCUT2D eigenvalue weighted by atomic mass is 32.2. The zero-order chi connectivity index (χ0) is 11.8. The topological polar surface area (TPSA) is 38.3 Å². The van der Waals surface area contributed by atoms with Gasteiger partial charge < -0.3 is 10.1 Å². The van der Waals surface area contributed by atoms with E-state index in [1.54, 1.807) is 7.11 Å². The van der Waals surface area contributed by atoms with Gasteiger partial charge in [0.05, 0.1) is 12.4 Å². The van der Waals surface area contributed by atoms with E-state index in [0.717, 1.165) is 0 Å². The van der Waals surface area contributed by atoms with Crippen molar-refractivity contribution in [2.45, 2.75) is 50.3 Å². The quantitative estimate of drug-likeness (QED) is 0.779. The molecule has 0 heterocycles. The zero-order valence-electron chi connectivity index (χ0n) is 10.3. The summed E-state index contributed by atoms with van der Waals surface area (Å²) in [6.45, 7) is 2.55. The highest BCUT2D eigenvalue weighted by molar-refractivity contribution is 8.00. The van der Waals surface area contributed by atoms with Crippen LogP contribution in [0.4, 0.5) is 0 Å². The van der Waals surface area contributed by atoms with Gasteiger partial charge in [-0.2, -0.15) is 0 Å². The van der Waals surface area contributed by atoms with Gasteiger partial charge in [0, 0.05) is 18.4 Å². The first kappa shape index (κ1) is 13.8. The molecule has 1 N–H and O–H groups in total. The Morgan fingerprint density at radius 2 is 2.12 bits per heavy atom. The van der Waals surface area contributed by atoms with Gasteiger partial charge in [-0.3, -0.25) is 4.79 Å². The molecule has 1 aliphatic rings. The van der Waals surface area contributed by atoms with Crippen molar-refractivity contribution in [3.05, 3.63) is 0 Å². The second kappa shape index (κ2) is 7.96. The maximum Gasteiger partial charge on any atom is 0.230 e. The molecule has 0 bridgehead atoms. The lowest BCUT2D eigenvalue weighted by Gasteiger charge is -2.21. The van der Waals surface area contributed by atoms with Crippen molar-refractivity contribution in [1.29, 1.82) is 0 Å². The molecule has 1 rings (SSSR count). The van der Waals surface area contributed by atoms with Crippen molar-refractivity contribution in [2.24, 2.45) is 0 Å². The van der Waals surface area contributed by atoms with E-state index in [1.807, 2.05) is 18.7 Å². The van der Waals surface area contributed by atoms with Crippen LogP contribution in [0.3, 0.4) is 0 Å². The number of thioether (sulfide) groups is 1. The SMILES string of the molecule is COCC(C)NC(=O)CSC1CCCCC1. The summed E-state index contributed by atoms with van der Waals surface area (Å²) in [5.74, 6) is 0.735. The molecule has 1 saturated carbocycles. The van der Waals surface area contributed by atoms with Gasteiger partial charge in [0.25, 0.3) is 0 Å². The molecule has 0 aromatic carbocycles. The molecule has 4 heteroatoms. The van der Waals surface area contributed by atoms with Crippen molar-refractivity contribution in [1.82, 2.24) is 5.32 Å². The number of carbonyl (C=O) groups excluding carboxylic acids is 1. The predicted octanol–water partition coefficient (Wildman–Crippen LogP) is 2.20. The summed E-state index contributed by atoms with van der Waals surface area (Å²) < 4.78 is 4.98. The number of amides is 1. The number of rotatable bonds is 6. The van der Waals surface area contributed by atoms with Crippen LogP contribution in [0.15, 0.2) is 0 Å². The van der Waals surface area contributed by atoms with Crippen LogP contribution in [0.1, 0.15) is 39.0 Å². The van der Waals surface area contributed by atoms with Crippen molar-refractivity contribution >= 4 is 17.7 Å². The van der Waals surface area contributed by atoms with Gasteiger partial charge in [-0.05, 0) is 19.8 Å². The summed E-state index contributed by atoms with van der Waals surface area (Å²) in [5, 5.41) is 3.64. The molecule has 0 saturated heterocycles. The van der Waals surface area contributed by atoms with Gasteiger partial charge in [-0.15, -0.1) is 11.8 Å². The van der Waals surface area contributed by atoms with E-state index < -0.39 is 0 Å². The monoisotopic (exact) mass is 245 g/mol. The molecular formula is C12H23NO2S. The van der Waals surface area contributed by atoms with E-state index in [9.17, 15) is 4.79 Å². The highest BCUT2D eigenvalue weighted by Crippen LogP contribution is 2.27. The second-order valence-corrected chi connectivity index (χ2v) is 5.78. The fraction of sp³-hybridized carbons (Fsp3) is 0.917. The minimum Gasteiger partial charge on any atom is -0.383 e. The predicted molar refractivity (Wildman–Crippen MR) is 68.8 cm³/mol. The van der Waals surface area contributed by atoms with Gasteiger partial charge in [0.1, 0.15) is 0 Å². The maximum atomic E-state index is 11.6. The summed E-state index contributed by atoms with van der Waals surface area (Å²) >= 11 is 1.81. The van der Waals surface area contributed by atoms with Crippen LogP contribution in [-0.4, -0.2) is 36.7 Å². The fourth-order valence-electron chi connectivity index (χ4n) is 2.03. The molecule has 1 aliphatic carbocycles. The Kier molecular flexibility index (Phi) is 6.88. The van der Waals surface area contributed by atoms with Crippen LogP contribution in [0.2, 0.25) is 0 Å². The van der Waals surface area contributed by atoms with Crippen molar-refractivity contribution in [2.75, 3.05) is 19.5 Å². The Labute approximate surface area is 103 Å². The number of carbonyl (C=O) groups is 1. The van der Waals surface area contributed by atoms with Crippen LogP contribution in [-0.2, 0) is 9.53 Å². The van der Waals surface area contributed by atoms with Gasteiger partial charge in [0.15, 0.2) is 0 Å². The summed E-state index contributed by atoms with van der Waals surface area (Å²) in [6, 6.07) is 0.115. The lowest BCUT2D eigenvalue weighted by molar-refractivity contribution is -0.119. The minimum absolute atomic E-state index is 0.115. The third-order valence-electron chi connectivity index (χ3n) is 2.83. The minimum atomic E-state index is 0.115. The number of hydrogen-bond acceptors (Lipinski definition) is 3. The van der Waals surface area contributed by atoms with Gasteiger partial charge in [-0.25, -0.2) is 0 Å². The standard InChI is InChI=1S/C12H23NO2S/c1-10(8-15-2)13-12(14)9-16-11-6-4-3-5-7-11/h10-11H,3-9H2,1-2H3,(H,13,14). The third kappa shape index (κ3) is 5.75. The third-order valence-corrected chi connectivity index (χ3v) is 4.20. The smallest absolute Gasteiger partial charge is 0.230 e. The number of methoxy groups -OCH3 is 1. The van der Waals surface area contributed by atoms with Crippen LogP contribution < -0.4 is 5.32 Å². The summed E-state index contributed by atoms with van der Waals surface area (Å²) in [4.78, 5) is 11.6. The van der Waals surface area contributed by atoms with Crippen LogP contribution in [0.5, 0.6) is 0 Å². The molecule has 0 aromatic rings. The molecule has 94 valence electrons. The average Bonchev–Trinajstić information content (AvgIpc) is 2.28. The fourth-order valence-corrected chi connectivity index (χ4v) is 3.17.